The van der Waals surface area contributed by atoms with Crippen LogP contribution >= 0.6 is 34.2 Å². The highest BCUT2D eigenvalue weighted by molar-refractivity contribution is 14.1. The van der Waals surface area contributed by atoms with Gasteiger partial charge in [0.1, 0.15) is 17.4 Å². The molecule has 0 unspecified atom stereocenters. The molecule has 0 saturated heterocycles. The number of hydrogen-bond acceptors (Lipinski definition) is 2. The number of nitrogens with one attached hydrogen (secondary N) is 1. The molecule has 0 aliphatic carbocycles. The first-order chi connectivity index (χ1) is 5.29. The van der Waals surface area contributed by atoms with Crippen LogP contribution in [0, 0.1) is 3.57 Å². The van der Waals surface area contributed by atoms with Crippen LogP contribution < -0.4 is 0 Å². The van der Waals surface area contributed by atoms with Crippen LogP contribution in [0.4, 0.5) is 0 Å². The summed E-state index contributed by atoms with van der Waals surface area (Å²) in [5, 5.41) is 0.470. The fraction of sp³-hybridized carbons (Fsp3) is 0. The van der Waals surface area contributed by atoms with Crippen LogP contribution in [-0.4, -0.2) is 15.0 Å². The minimum Gasteiger partial charge on any atom is -0.356 e. The van der Waals surface area contributed by atoms with Crippen LogP contribution in [-0.2, 0) is 0 Å². The van der Waals surface area contributed by atoms with Crippen LogP contribution in [0.25, 0.3) is 11.0 Å². The Bertz CT molecular complexity index is 398. The van der Waals surface area contributed by atoms with E-state index in [4.69, 9.17) is 11.6 Å². The number of aromatic amines is 1. The van der Waals surface area contributed by atoms with E-state index in [1.54, 1.807) is 0 Å². The third-order valence-corrected chi connectivity index (χ3v) is 2.48. The highest BCUT2D eigenvalue weighted by Gasteiger charge is 2.04. The van der Waals surface area contributed by atoms with Gasteiger partial charge in [0.2, 0.25) is 0 Å². The van der Waals surface area contributed by atoms with E-state index < -0.39 is 0 Å². The lowest BCUT2D eigenvalue weighted by Gasteiger charge is -1.89. The summed E-state index contributed by atoms with van der Waals surface area (Å²) >= 11 is 7.97. The van der Waals surface area contributed by atoms with E-state index in [2.05, 4.69) is 37.5 Å². The molecule has 2 rings (SSSR count). The molecular formula is C6H3ClIN3. The number of aromatic nitrogens is 3. The standard InChI is InChI=1S/C6H3ClIN3/c7-6-5-4(10-2-11-6)3(8)1-9-5/h1-2,9H. The largest absolute Gasteiger partial charge is 0.356 e. The normalized spacial score (nSPS) is 10.7. The Hall–Kier alpha value is -0.360. The van der Waals surface area contributed by atoms with Gasteiger partial charge in [0, 0.05) is 6.20 Å². The molecule has 0 aliphatic heterocycles. The van der Waals surface area contributed by atoms with E-state index in [0.29, 0.717) is 5.15 Å². The van der Waals surface area contributed by atoms with Crippen molar-refractivity contribution in [1.82, 2.24) is 15.0 Å². The van der Waals surface area contributed by atoms with Gasteiger partial charge in [-0.05, 0) is 22.6 Å². The molecule has 2 aromatic rings. The quantitative estimate of drug-likeness (QED) is 0.593. The predicted octanol–water partition coefficient (Wildman–Crippen LogP) is 2.22. The van der Waals surface area contributed by atoms with E-state index in [0.717, 1.165) is 14.6 Å². The molecule has 0 spiro atoms. The van der Waals surface area contributed by atoms with Gasteiger partial charge in [0.15, 0.2) is 5.15 Å². The summed E-state index contributed by atoms with van der Waals surface area (Å²) < 4.78 is 1.06. The number of hydrogen-bond donors (Lipinski definition) is 1. The minimum absolute atomic E-state index is 0.470. The number of H-pyrrole nitrogens is 1. The summed E-state index contributed by atoms with van der Waals surface area (Å²) in [7, 11) is 0. The molecule has 3 nitrogen and oxygen atoms in total. The topological polar surface area (TPSA) is 41.6 Å². The lowest BCUT2D eigenvalue weighted by atomic mass is 10.5. The Labute approximate surface area is 81.3 Å². The first-order valence-corrected chi connectivity index (χ1v) is 4.38. The van der Waals surface area contributed by atoms with Gasteiger partial charge < -0.3 is 4.98 Å². The fourth-order valence-electron chi connectivity index (χ4n) is 0.877. The first-order valence-electron chi connectivity index (χ1n) is 2.92. The van der Waals surface area contributed by atoms with Gasteiger partial charge in [-0.25, -0.2) is 9.97 Å². The highest BCUT2D eigenvalue weighted by Crippen LogP contribution is 2.21. The average Bonchev–Trinajstić information content (AvgIpc) is 2.35. The summed E-state index contributed by atoms with van der Waals surface area (Å²) in [6.45, 7) is 0. The molecule has 0 saturated carbocycles. The molecular weight excluding hydrogens is 276 g/mol. The van der Waals surface area contributed by atoms with Crippen molar-refractivity contribution in [2.75, 3.05) is 0 Å². The average molecular weight is 279 g/mol. The van der Waals surface area contributed by atoms with Crippen molar-refractivity contribution in [2.24, 2.45) is 0 Å². The van der Waals surface area contributed by atoms with Gasteiger partial charge in [-0.1, -0.05) is 11.6 Å². The van der Waals surface area contributed by atoms with Crippen LogP contribution in [0.3, 0.4) is 0 Å². The molecule has 0 aromatic carbocycles. The summed E-state index contributed by atoms with van der Waals surface area (Å²) in [6, 6.07) is 0. The SMILES string of the molecule is Clc1ncnc2c(I)c[nH]c12. The van der Waals surface area contributed by atoms with Gasteiger partial charge in [0.05, 0.1) is 3.57 Å². The molecule has 0 atom stereocenters. The van der Waals surface area contributed by atoms with E-state index >= 15 is 0 Å². The molecule has 0 amide bonds. The number of halogens is 2. The van der Waals surface area contributed by atoms with Gasteiger partial charge in [-0.3, -0.25) is 0 Å². The maximum Gasteiger partial charge on any atom is 0.156 e. The van der Waals surface area contributed by atoms with Gasteiger partial charge in [0.25, 0.3) is 0 Å². The van der Waals surface area contributed by atoms with Crippen molar-refractivity contribution < 1.29 is 0 Å². The maximum absolute atomic E-state index is 5.78. The smallest absolute Gasteiger partial charge is 0.156 e. The first kappa shape index (κ1) is 7.30. The van der Waals surface area contributed by atoms with Crippen molar-refractivity contribution in [3.05, 3.63) is 21.2 Å². The molecule has 0 aliphatic rings. The van der Waals surface area contributed by atoms with E-state index in [-0.39, 0.29) is 0 Å². The Morgan fingerprint density at radius 1 is 1.45 bits per heavy atom. The Balaban J connectivity index is 2.94. The third-order valence-electron chi connectivity index (χ3n) is 1.37. The molecule has 11 heavy (non-hydrogen) atoms. The van der Waals surface area contributed by atoms with Gasteiger partial charge >= 0.3 is 0 Å². The summed E-state index contributed by atoms with van der Waals surface area (Å²) in [5.41, 5.74) is 1.68. The molecule has 2 heterocycles. The lowest BCUT2D eigenvalue weighted by molar-refractivity contribution is 1.22. The molecule has 56 valence electrons. The lowest BCUT2D eigenvalue weighted by Crippen LogP contribution is -1.80. The molecule has 2 aromatic heterocycles. The zero-order valence-electron chi connectivity index (χ0n) is 5.31. The Morgan fingerprint density at radius 3 is 3.00 bits per heavy atom. The number of nitrogens with zero attached hydrogens (tertiary/aromatic N) is 2. The van der Waals surface area contributed by atoms with Gasteiger partial charge in [-0.15, -0.1) is 0 Å². The summed E-state index contributed by atoms with van der Waals surface area (Å²) in [6.07, 6.45) is 3.31. The zero-order chi connectivity index (χ0) is 7.84. The zero-order valence-corrected chi connectivity index (χ0v) is 8.22. The van der Waals surface area contributed by atoms with Gasteiger partial charge in [-0.2, -0.15) is 0 Å². The maximum atomic E-state index is 5.78. The second-order valence-electron chi connectivity index (χ2n) is 2.02. The summed E-state index contributed by atoms with van der Waals surface area (Å²) in [4.78, 5) is 10.9. The van der Waals surface area contributed by atoms with Crippen molar-refractivity contribution in [3.8, 4) is 0 Å². The molecule has 1 N–H and O–H groups in total. The number of fused-ring (bicyclic) bond motifs is 1. The van der Waals surface area contributed by atoms with E-state index in [1.165, 1.54) is 6.33 Å². The third kappa shape index (κ3) is 1.10. The molecule has 0 fully saturated rings. The Morgan fingerprint density at radius 2 is 2.27 bits per heavy atom. The van der Waals surface area contributed by atoms with E-state index in [9.17, 15) is 0 Å². The molecule has 5 heteroatoms. The highest BCUT2D eigenvalue weighted by atomic mass is 127. The van der Waals surface area contributed by atoms with Crippen molar-refractivity contribution in [3.63, 3.8) is 0 Å². The Kier molecular flexibility index (Phi) is 1.72. The molecule has 0 bridgehead atoms. The van der Waals surface area contributed by atoms with Crippen molar-refractivity contribution in [2.45, 2.75) is 0 Å². The second-order valence-corrected chi connectivity index (χ2v) is 3.54. The minimum atomic E-state index is 0.470. The van der Waals surface area contributed by atoms with Crippen LogP contribution in [0.5, 0.6) is 0 Å². The van der Waals surface area contributed by atoms with Crippen molar-refractivity contribution >= 4 is 45.2 Å². The predicted molar refractivity (Wildman–Crippen MR) is 51.6 cm³/mol. The second kappa shape index (κ2) is 2.60. The molecule has 0 radical (unpaired) electrons. The number of rotatable bonds is 0. The summed E-state index contributed by atoms with van der Waals surface area (Å²) in [5.74, 6) is 0. The fourth-order valence-corrected chi connectivity index (χ4v) is 1.63. The van der Waals surface area contributed by atoms with Crippen LogP contribution in [0.1, 0.15) is 0 Å². The monoisotopic (exact) mass is 279 g/mol. The van der Waals surface area contributed by atoms with Crippen molar-refractivity contribution in [1.29, 1.82) is 0 Å². The van der Waals surface area contributed by atoms with Crippen LogP contribution in [0.2, 0.25) is 5.15 Å². The van der Waals surface area contributed by atoms with Crippen LogP contribution in [0.15, 0.2) is 12.5 Å². The van der Waals surface area contributed by atoms with E-state index in [1.807, 2.05) is 6.20 Å².